The standard InChI is InChI=1S/C19H19NO.C4H4O4/c1-13-5-3-7-15-11-12-20(2)19(18(13)15)17-10-9-14-6-4-8-16(14)21-17;5-3(6)1-2-4(7)8/h3-10,19H,11-12H2,1-2H3;1-2H,(H,5,6)(H,7,8)/b;2-1-. The molecule has 2 aliphatic heterocycles. The van der Waals surface area contributed by atoms with Crippen LogP contribution in [-0.2, 0) is 16.0 Å². The summed E-state index contributed by atoms with van der Waals surface area (Å²) in [4.78, 5) is 21.5. The van der Waals surface area contributed by atoms with E-state index in [9.17, 15) is 9.59 Å². The molecule has 3 aliphatic rings. The second-order valence-corrected chi connectivity index (χ2v) is 6.97. The van der Waals surface area contributed by atoms with Gasteiger partial charge in [0.25, 0.3) is 0 Å². The van der Waals surface area contributed by atoms with Gasteiger partial charge in [0.15, 0.2) is 0 Å². The van der Waals surface area contributed by atoms with Crippen molar-refractivity contribution in [2.24, 2.45) is 0 Å². The van der Waals surface area contributed by atoms with E-state index in [1.54, 1.807) is 0 Å². The number of likely N-dealkylation sites (N-methyl/N-ethyl adjacent to an activating group) is 1. The van der Waals surface area contributed by atoms with E-state index in [2.05, 4.69) is 55.3 Å². The van der Waals surface area contributed by atoms with E-state index < -0.39 is 11.9 Å². The smallest absolute Gasteiger partial charge is 0.328 e. The minimum atomic E-state index is -1.26. The summed E-state index contributed by atoms with van der Waals surface area (Å²) < 4.78 is 6.18. The molecule has 1 unspecified atom stereocenters. The Morgan fingerprint density at radius 3 is 2.41 bits per heavy atom. The quantitative estimate of drug-likeness (QED) is 0.654. The Morgan fingerprint density at radius 2 is 1.72 bits per heavy atom. The van der Waals surface area contributed by atoms with Gasteiger partial charge in [-0.3, -0.25) is 4.90 Å². The van der Waals surface area contributed by atoms with Crippen molar-refractivity contribution in [3.8, 4) is 11.3 Å². The second-order valence-electron chi connectivity index (χ2n) is 6.97. The molecule has 0 saturated heterocycles. The summed E-state index contributed by atoms with van der Waals surface area (Å²) in [5.74, 6) is -0.507. The van der Waals surface area contributed by atoms with Gasteiger partial charge in [0.05, 0.1) is 6.04 Å². The first-order valence-corrected chi connectivity index (χ1v) is 9.28. The highest BCUT2D eigenvalue weighted by Gasteiger charge is 2.29. The molecule has 150 valence electrons. The minimum Gasteiger partial charge on any atom is -0.478 e. The van der Waals surface area contributed by atoms with Gasteiger partial charge in [-0.15, -0.1) is 0 Å². The predicted octanol–water partition coefficient (Wildman–Crippen LogP) is 3.98. The van der Waals surface area contributed by atoms with Gasteiger partial charge in [-0.2, -0.15) is 0 Å². The highest BCUT2D eigenvalue weighted by atomic mass is 16.4. The van der Waals surface area contributed by atoms with Crippen molar-refractivity contribution < 1.29 is 24.2 Å². The molecule has 0 bridgehead atoms. The molecule has 1 aromatic carbocycles. The van der Waals surface area contributed by atoms with E-state index in [-0.39, 0.29) is 6.04 Å². The molecule has 2 N–H and O–H groups in total. The molecule has 0 fully saturated rings. The minimum absolute atomic E-state index is 0.217. The molecule has 1 aromatic rings. The van der Waals surface area contributed by atoms with Gasteiger partial charge in [0, 0.05) is 24.3 Å². The van der Waals surface area contributed by atoms with Crippen molar-refractivity contribution in [3.63, 3.8) is 0 Å². The molecule has 0 amide bonds. The van der Waals surface area contributed by atoms with Crippen molar-refractivity contribution in [2.45, 2.75) is 19.4 Å². The SMILES string of the molecule is Cc1cccc2c1C(c1ccc3cccc-3o1)N(C)CC2.O=C(O)/C=C\C(=O)O. The van der Waals surface area contributed by atoms with Crippen molar-refractivity contribution in [3.05, 3.63) is 83.1 Å². The zero-order valence-corrected chi connectivity index (χ0v) is 16.3. The van der Waals surface area contributed by atoms with Crippen LogP contribution in [0.2, 0.25) is 0 Å². The van der Waals surface area contributed by atoms with Gasteiger partial charge in [-0.05, 0) is 55.3 Å². The number of carbonyl (C=O) groups is 2. The maximum absolute atomic E-state index is 9.55. The van der Waals surface area contributed by atoms with Gasteiger partial charge >= 0.3 is 11.9 Å². The fourth-order valence-corrected chi connectivity index (χ4v) is 3.63. The van der Waals surface area contributed by atoms with Gasteiger partial charge in [0.2, 0.25) is 0 Å². The highest BCUT2D eigenvalue weighted by molar-refractivity contribution is 5.89. The number of carboxylic acid groups (broad SMARTS) is 2. The van der Waals surface area contributed by atoms with Crippen molar-refractivity contribution >= 4 is 11.9 Å². The Labute approximate surface area is 169 Å². The van der Waals surface area contributed by atoms with E-state index in [1.807, 2.05) is 12.1 Å². The lowest BCUT2D eigenvalue weighted by molar-refractivity contribution is -0.134. The van der Waals surface area contributed by atoms with Crippen LogP contribution in [-0.4, -0.2) is 40.6 Å². The second kappa shape index (κ2) is 8.75. The molecule has 6 heteroatoms. The average Bonchev–Trinajstić information content (AvgIpc) is 3.15. The monoisotopic (exact) mass is 393 g/mol. The summed E-state index contributed by atoms with van der Waals surface area (Å²) in [6.45, 7) is 3.27. The van der Waals surface area contributed by atoms with E-state index in [0.29, 0.717) is 12.2 Å². The third kappa shape index (κ3) is 4.73. The Balaban J connectivity index is 0.000000258. The first-order valence-electron chi connectivity index (χ1n) is 9.28. The van der Waals surface area contributed by atoms with Gasteiger partial charge in [0.1, 0.15) is 11.5 Å². The summed E-state index contributed by atoms with van der Waals surface area (Å²) >= 11 is 0. The third-order valence-corrected chi connectivity index (χ3v) is 4.96. The molecule has 0 aromatic heterocycles. The molecule has 0 spiro atoms. The van der Waals surface area contributed by atoms with E-state index in [4.69, 9.17) is 14.6 Å². The average molecular weight is 393 g/mol. The summed E-state index contributed by atoms with van der Waals surface area (Å²) in [5.41, 5.74) is 5.39. The highest BCUT2D eigenvalue weighted by Crippen LogP contribution is 2.38. The Bertz CT molecular complexity index is 1000. The molecule has 2 heterocycles. The maximum Gasteiger partial charge on any atom is 0.328 e. The number of rotatable bonds is 3. The lowest BCUT2D eigenvalue weighted by atomic mass is 9.88. The maximum atomic E-state index is 9.55. The molecular weight excluding hydrogens is 370 g/mol. The summed E-state index contributed by atoms with van der Waals surface area (Å²) in [7, 11) is 2.19. The molecule has 4 rings (SSSR count). The Hall–Kier alpha value is -3.38. The third-order valence-electron chi connectivity index (χ3n) is 4.96. The van der Waals surface area contributed by atoms with Gasteiger partial charge in [-0.25, -0.2) is 9.59 Å². The number of aryl methyl sites for hydroxylation is 1. The first-order chi connectivity index (χ1) is 13.9. The Morgan fingerprint density at radius 1 is 1.03 bits per heavy atom. The topological polar surface area (TPSA) is 91.0 Å². The molecule has 1 atom stereocenters. The lowest BCUT2D eigenvalue weighted by Gasteiger charge is -2.35. The molecular formula is C23H23NO5. The van der Waals surface area contributed by atoms with Crippen LogP contribution >= 0.6 is 0 Å². The normalized spacial score (nSPS) is 16.3. The number of carboxylic acids is 2. The predicted molar refractivity (Wildman–Crippen MR) is 109 cm³/mol. The van der Waals surface area contributed by atoms with Crippen LogP contribution in [0.25, 0.3) is 11.3 Å². The fraction of sp³-hybridized carbons (Fsp3) is 0.217. The van der Waals surface area contributed by atoms with Crippen LogP contribution in [0.3, 0.4) is 0 Å². The van der Waals surface area contributed by atoms with Gasteiger partial charge in [-0.1, -0.05) is 30.3 Å². The number of hydrogen-bond donors (Lipinski definition) is 2. The number of hydrogen-bond acceptors (Lipinski definition) is 4. The molecule has 0 radical (unpaired) electrons. The largest absolute Gasteiger partial charge is 0.478 e. The number of benzene rings is 1. The molecule has 1 aliphatic carbocycles. The fourth-order valence-electron chi connectivity index (χ4n) is 3.63. The van der Waals surface area contributed by atoms with Crippen LogP contribution < -0.4 is 0 Å². The van der Waals surface area contributed by atoms with Crippen LogP contribution in [0.15, 0.2) is 65.1 Å². The van der Waals surface area contributed by atoms with Gasteiger partial charge < -0.3 is 14.6 Å². The summed E-state index contributed by atoms with van der Waals surface area (Å²) in [5, 5.41) is 15.6. The molecule has 6 nitrogen and oxygen atoms in total. The number of nitrogens with zero attached hydrogens (tertiary/aromatic N) is 1. The van der Waals surface area contributed by atoms with Crippen LogP contribution in [0.1, 0.15) is 28.5 Å². The number of fused-ring (bicyclic) bond motifs is 2. The lowest BCUT2D eigenvalue weighted by Crippen LogP contribution is -2.33. The van der Waals surface area contributed by atoms with Crippen LogP contribution in [0.4, 0.5) is 0 Å². The van der Waals surface area contributed by atoms with Crippen molar-refractivity contribution in [2.75, 3.05) is 13.6 Å². The van der Waals surface area contributed by atoms with Crippen molar-refractivity contribution in [1.29, 1.82) is 0 Å². The zero-order valence-electron chi connectivity index (χ0n) is 16.3. The summed E-state index contributed by atoms with van der Waals surface area (Å²) in [6, 6.07) is 17.3. The zero-order chi connectivity index (χ0) is 21.0. The first kappa shape index (κ1) is 20.4. The van der Waals surface area contributed by atoms with Crippen molar-refractivity contribution in [1.82, 2.24) is 4.90 Å². The van der Waals surface area contributed by atoms with Crippen LogP contribution in [0, 0.1) is 6.92 Å². The Kier molecular flexibility index (Phi) is 6.14. The number of aliphatic carboxylic acids is 2. The summed E-state index contributed by atoms with van der Waals surface area (Å²) in [6.07, 6.45) is 2.23. The molecule has 29 heavy (non-hydrogen) atoms. The van der Waals surface area contributed by atoms with E-state index in [0.717, 1.165) is 24.5 Å². The van der Waals surface area contributed by atoms with E-state index in [1.165, 1.54) is 22.3 Å². The van der Waals surface area contributed by atoms with Crippen LogP contribution in [0.5, 0.6) is 0 Å². The molecule has 0 saturated carbocycles. The van der Waals surface area contributed by atoms with E-state index >= 15 is 0 Å².